The third-order valence-electron chi connectivity index (χ3n) is 4.42. The number of hydrogen-bond donors (Lipinski definition) is 2. The van der Waals surface area contributed by atoms with Gasteiger partial charge in [-0.2, -0.15) is 0 Å². The second-order valence-electron chi connectivity index (χ2n) is 6.26. The third-order valence-corrected chi connectivity index (χ3v) is 4.66. The van der Waals surface area contributed by atoms with Crippen LogP contribution in [0.1, 0.15) is 18.4 Å². The zero-order chi connectivity index (χ0) is 15.7. The van der Waals surface area contributed by atoms with Gasteiger partial charge in [0.1, 0.15) is 5.82 Å². The van der Waals surface area contributed by atoms with Crippen LogP contribution in [0.4, 0.5) is 4.39 Å². The second-order valence-corrected chi connectivity index (χ2v) is 6.70. The van der Waals surface area contributed by atoms with E-state index in [0.717, 1.165) is 12.8 Å². The van der Waals surface area contributed by atoms with E-state index >= 15 is 0 Å². The zero-order valence-corrected chi connectivity index (χ0v) is 13.0. The predicted molar refractivity (Wildman–Crippen MR) is 81.9 cm³/mol. The smallest absolute Gasteiger partial charge is 0.225 e. The predicted octanol–water partition coefficient (Wildman–Crippen LogP) is 1.80. The molecular formula is C16H20ClFN2O2. The van der Waals surface area contributed by atoms with E-state index in [-0.39, 0.29) is 30.2 Å². The molecule has 0 radical (unpaired) electrons. The van der Waals surface area contributed by atoms with Crippen LogP contribution in [0.15, 0.2) is 18.2 Å². The van der Waals surface area contributed by atoms with Gasteiger partial charge in [0.05, 0.1) is 5.92 Å². The van der Waals surface area contributed by atoms with Crippen LogP contribution in [-0.4, -0.2) is 41.7 Å². The summed E-state index contributed by atoms with van der Waals surface area (Å²) in [6.07, 6.45) is 2.09. The van der Waals surface area contributed by atoms with Crippen LogP contribution < -0.4 is 5.32 Å². The van der Waals surface area contributed by atoms with Gasteiger partial charge in [-0.05, 0) is 25.0 Å². The van der Waals surface area contributed by atoms with Crippen molar-refractivity contribution >= 4 is 17.5 Å². The minimum atomic E-state index is -0.334. The average Bonchev–Trinajstić information content (AvgIpc) is 3.19. The van der Waals surface area contributed by atoms with Crippen molar-refractivity contribution in [3.63, 3.8) is 0 Å². The van der Waals surface area contributed by atoms with Crippen molar-refractivity contribution in [3.8, 4) is 0 Å². The van der Waals surface area contributed by atoms with Crippen molar-refractivity contribution in [2.24, 2.45) is 11.8 Å². The number of carbonyl (C=O) groups is 1. The molecule has 1 aliphatic carbocycles. The topological polar surface area (TPSA) is 52.6 Å². The van der Waals surface area contributed by atoms with E-state index in [9.17, 15) is 14.3 Å². The van der Waals surface area contributed by atoms with Gasteiger partial charge in [-0.1, -0.05) is 17.7 Å². The number of nitrogens with one attached hydrogen (secondary N) is 1. The first-order chi connectivity index (χ1) is 10.6. The highest BCUT2D eigenvalue weighted by molar-refractivity contribution is 6.30. The molecule has 1 saturated carbocycles. The molecule has 1 aromatic rings. The number of aliphatic hydroxyl groups excluding tert-OH is 1. The van der Waals surface area contributed by atoms with Gasteiger partial charge in [0.15, 0.2) is 0 Å². The summed E-state index contributed by atoms with van der Waals surface area (Å²) in [4.78, 5) is 14.3. The maximum absolute atomic E-state index is 13.9. The normalized spacial score (nSPS) is 25.4. The number of carbonyl (C=O) groups excluding carboxylic acids is 1. The molecule has 0 spiro atoms. The minimum absolute atomic E-state index is 0.0145. The van der Waals surface area contributed by atoms with Crippen molar-refractivity contribution in [2.45, 2.75) is 25.4 Å². The molecule has 1 aliphatic heterocycles. The number of nitrogens with zero attached hydrogens (tertiary/aromatic N) is 1. The van der Waals surface area contributed by atoms with E-state index in [2.05, 4.69) is 5.32 Å². The Morgan fingerprint density at radius 1 is 1.41 bits per heavy atom. The fourth-order valence-corrected chi connectivity index (χ4v) is 3.16. The zero-order valence-electron chi connectivity index (χ0n) is 12.3. The molecule has 0 bridgehead atoms. The fraction of sp³-hybridized carbons (Fsp3) is 0.562. The van der Waals surface area contributed by atoms with Gasteiger partial charge in [-0.15, -0.1) is 0 Å². The molecule has 0 aromatic heterocycles. The standard InChI is InChI=1S/C16H20ClFN2O2/c17-12-2-1-10(15(18)5-12)6-20-7-11(9-21)14(8-20)16(22)19-13-3-4-13/h1-2,5,11,13-14,21H,3-4,6-9H2,(H,19,22)/t11-,14+/m0/s1. The summed E-state index contributed by atoms with van der Waals surface area (Å²) < 4.78 is 13.9. The lowest BCUT2D eigenvalue weighted by molar-refractivity contribution is -0.126. The molecule has 120 valence electrons. The van der Waals surface area contributed by atoms with Gasteiger partial charge >= 0.3 is 0 Å². The van der Waals surface area contributed by atoms with Gasteiger partial charge in [-0.25, -0.2) is 4.39 Å². The summed E-state index contributed by atoms with van der Waals surface area (Å²) >= 11 is 5.76. The van der Waals surface area contributed by atoms with E-state index in [1.165, 1.54) is 6.07 Å². The number of benzene rings is 1. The first kappa shape index (κ1) is 15.7. The molecule has 2 N–H and O–H groups in total. The molecule has 0 unspecified atom stereocenters. The van der Waals surface area contributed by atoms with Gasteiger partial charge in [0, 0.05) is 48.8 Å². The SMILES string of the molecule is O=C(NC1CC1)[C@@H]1CN(Cc2ccc(Cl)cc2F)C[C@H]1CO. The molecular weight excluding hydrogens is 307 g/mol. The number of aliphatic hydroxyl groups is 1. The maximum atomic E-state index is 13.9. The Labute approximate surface area is 134 Å². The van der Waals surface area contributed by atoms with E-state index in [4.69, 9.17) is 11.6 Å². The number of halogens is 2. The summed E-state index contributed by atoms with van der Waals surface area (Å²) in [5.74, 6) is -0.630. The van der Waals surface area contributed by atoms with Crippen molar-refractivity contribution in [1.82, 2.24) is 10.2 Å². The van der Waals surface area contributed by atoms with E-state index in [1.807, 2.05) is 4.90 Å². The van der Waals surface area contributed by atoms with Gasteiger partial charge in [0.25, 0.3) is 0 Å². The number of rotatable bonds is 5. The molecule has 2 aliphatic rings. The summed E-state index contributed by atoms with van der Waals surface area (Å²) in [5.41, 5.74) is 0.560. The summed E-state index contributed by atoms with van der Waals surface area (Å²) in [5, 5.41) is 12.9. The molecule has 4 nitrogen and oxygen atoms in total. The molecule has 2 atom stereocenters. The molecule has 1 saturated heterocycles. The molecule has 1 amide bonds. The Kier molecular flexibility index (Phi) is 4.66. The summed E-state index contributed by atoms with van der Waals surface area (Å²) in [7, 11) is 0. The lowest BCUT2D eigenvalue weighted by Gasteiger charge is -2.16. The Morgan fingerprint density at radius 2 is 2.18 bits per heavy atom. The van der Waals surface area contributed by atoms with Crippen LogP contribution in [0.25, 0.3) is 0 Å². The first-order valence-corrected chi connectivity index (χ1v) is 8.02. The van der Waals surface area contributed by atoms with Crippen LogP contribution >= 0.6 is 11.6 Å². The minimum Gasteiger partial charge on any atom is -0.396 e. The lowest BCUT2D eigenvalue weighted by Crippen LogP contribution is -2.37. The highest BCUT2D eigenvalue weighted by atomic mass is 35.5. The van der Waals surface area contributed by atoms with Gasteiger partial charge < -0.3 is 10.4 Å². The van der Waals surface area contributed by atoms with Gasteiger partial charge in [-0.3, -0.25) is 9.69 Å². The van der Waals surface area contributed by atoms with Crippen molar-refractivity contribution in [2.75, 3.05) is 19.7 Å². The highest BCUT2D eigenvalue weighted by Crippen LogP contribution is 2.28. The average molecular weight is 327 g/mol. The Morgan fingerprint density at radius 3 is 2.82 bits per heavy atom. The van der Waals surface area contributed by atoms with Crippen molar-refractivity contribution < 1.29 is 14.3 Å². The van der Waals surface area contributed by atoms with Crippen molar-refractivity contribution in [1.29, 1.82) is 0 Å². The molecule has 2 fully saturated rings. The summed E-state index contributed by atoms with van der Waals surface area (Å²) in [6, 6.07) is 4.95. The molecule has 22 heavy (non-hydrogen) atoms. The molecule has 1 heterocycles. The van der Waals surface area contributed by atoms with Crippen LogP contribution in [0.5, 0.6) is 0 Å². The summed E-state index contributed by atoms with van der Waals surface area (Å²) in [6.45, 7) is 1.54. The number of hydrogen-bond acceptors (Lipinski definition) is 3. The number of likely N-dealkylation sites (tertiary alicyclic amines) is 1. The lowest BCUT2D eigenvalue weighted by atomic mass is 9.96. The first-order valence-electron chi connectivity index (χ1n) is 7.64. The third kappa shape index (κ3) is 3.59. The quantitative estimate of drug-likeness (QED) is 0.867. The monoisotopic (exact) mass is 326 g/mol. The van der Waals surface area contributed by atoms with Crippen molar-refractivity contribution in [3.05, 3.63) is 34.6 Å². The van der Waals surface area contributed by atoms with Crippen LogP contribution in [0.3, 0.4) is 0 Å². The van der Waals surface area contributed by atoms with E-state index < -0.39 is 0 Å². The fourth-order valence-electron chi connectivity index (χ4n) is 3.00. The Bertz CT molecular complexity index is 565. The van der Waals surface area contributed by atoms with Gasteiger partial charge in [0.2, 0.25) is 5.91 Å². The highest BCUT2D eigenvalue weighted by Gasteiger charge is 2.38. The Balaban J connectivity index is 1.64. The van der Waals surface area contributed by atoms with E-state index in [1.54, 1.807) is 12.1 Å². The number of amides is 1. The molecule has 1 aromatic carbocycles. The largest absolute Gasteiger partial charge is 0.396 e. The molecule has 6 heteroatoms. The van der Waals surface area contributed by atoms with Crippen LogP contribution in [0, 0.1) is 17.7 Å². The van der Waals surface area contributed by atoms with Crippen LogP contribution in [-0.2, 0) is 11.3 Å². The second kappa shape index (κ2) is 6.52. The van der Waals surface area contributed by atoms with Crippen LogP contribution in [0.2, 0.25) is 5.02 Å². The molecule has 3 rings (SSSR count). The van der Waals surface area contributed by atoms with E-state index in [0.29, 0.717) is 36.3 Å². The Hall–Kier alpha value is -1.17. The maximum Gasteiger partial charge on any atom is 0.225 e.